The lowest BCUT2D eigenvalue weighted by atomic mass is 9.89. The number of nitrogens with one attached hydrogen (secondary N) is 1. The van der Waals surface area contributed by atoms with Crippen LogP contribution >= 0.6 is 23.2 Å². The van der Waals surface area contributed by atoms with Crippen molar-refractivity contribution in [2.24, 2.45) is 0 Å². The monoisotopic (exact) mass is 302 g/mol. The van der Waals surface area contributed by atoms with Crippen LogP contribution in [0.15, 0.2) is 60.8 Å². The van der Waals surface area contributed by atoms with Gasteiger partial charge in [0.2, 0.25) is 0 Å². The lowest BCUT2D eigenvalue weighted by Gasteiger charge is -2.16. The van der Waals surface area contributed by atoms with Crippen molar-refractivity contribution in [1.82, 2.24) is 10.2 Å². The SMILES string of the molecule is Clc1ccc(C(c2ccc(Cl)cc2)c2ccn[nH]2)cc1. The van der Waals surface area contributed by atoms with Gasteiger partial charge in [0.25, 0.3) is 0 Å². The van der Waals surface area contributed by atoms with Crippen molar-refractivity contribution in [3.05, 3.63) is 87.7 Å². The van der Waals surface area contributed by atoms with Crippen LogP contribution in [0, 0.1) is 0 Å². The molecule has 0 atom stereocenters. The Kier molecular flexibility index (Phi) is 3.77. The molecule has 0 aliphatic carbocycles. The number of nitrogens with zero attached hydrogens (tertiary/aromatic N) is 1. The highest BCUT2D eigenvalue weighted by Crippen LogP contribution is 2.31. The lowest BCUT2D eigenvalue weighted by molar-refractivity contribution is 0.894. The van der Waals surface area contributed by atoms with Gasteiger partial charge in [-0.1, -0.05) is 47.5 Å². The van der Waals surface area contributed by atoms with Crippen molar-refractivity contribution in [3.63, 3.8) is 0 Å². The summed E-state index contributed by atoms with van der Waals surface area (Å²) in [6.45, 7) is 0. The molecule has 1 aromatic heterocycles. The van der Waals surface area contributed by atoms with E-state index in [1.807, 2.05) is 54.6 Å². The molecule has 1 heterocycles. The highest BCUT2D eigenvalue weighted by atomic mass is 35.5. The van der Waals surface area contributed by atoms with Crippen molar-refractivity contribution in [1.29, 1.82) is 0 Å². The van der Waals surface area contributed by atoms with Gasteiger partial charge in [-0.2, -0.15) is 5.10 Å². The van der Waals surface area contributed by atoms with Gasteiger partial charge >= 0.3 is 0 Å². The van der Waals surface area contributed by atoms with E-state index in [2.05, 4.69) is 10.2 Å². The van der Waals surface area contributed by atoms with E-state index < -0.39 is 0 Å². The van der Waals surface area contributed by atoms with Gasteiger partial charge in [-0.05, 0) is 41.5 Å². The molecule has 0 aliphatic rings. The summed E-state index contributed by atoms with van der Waals surface area (Å²) >= 11 is 11.9. The van der Waals surface area contributed by atoms with Crippen molar-refractivity contribution in [2.75, 3.05) is 0 Å². The summed E-state index contributed by atoms with van der Waals surface area (Å²) in [5.41, 5.74) is 3.34. The number of aromatic amines is 1. The first-order valence-corrected chi connectivity index (χ1v) is 7.00. The fourth-order valence-corrected chi connectivity index (χ4v) is 2.54. The van der Waals surface area contributed by atoms with Gasteiger partial charge in [0.05, 0.1) is 5.92 Å². The summed E-state index contributed by atoms with van der Waals surface area (Å²) in [6.07, 6.45) is 1.76. The van der Waals surface area contributed by atoms with E-state index >= 15 is 0 Å². The molecule has 0 spiro atoms. The highest BCUT2D eigenvalue weighted by Gasteiger charge is 2.17. The molecule has 0 saturated heterocycles. The first-order chi connectivity index (χ1) is 9.74. The van der Waals surface area contributed by atoms with Crippen LogP contribution in [-0.2, 0) is 0 Å². The molecular formula is C16H12Cl2N2. The van der Waals surface area contributed by atoms with Gasteiger partial charge < -0.3 is 0 Å². The molecule has 100 valence electrons. The summed E-state index contributed by atoms with van der Waals surface area (Å²) in [6, 6.07) is 17.7. The third-order valence-corrected chi connectivity index (χ3v) is 3.74. The maximum Gasteiger partial charge on any atom is 0.0507 e. The molecule has 0 unspecified atom stereocenters. The number of hydrogen-bond donors (Lipinski definition) is 1. The molecule has 0 radical (unpaired) electrons. The van der Waals surface area contributed by atoms with Crippen LogP contribution in [-0.4, -0.2) is 10.2 Å². The Balaban J connectivity index is 2.09. The number of benzene rings is 2. The summed E-state index contributed by atoms with van der Waals surface area (Å²) in [5, 5.41) is 8.56. The van der Waals surface area contributed by atoms with Gasteiger partial charge in [0, 0.05) is 21.9 Å². The third-order valence-electron chi connectivity index (χ3n) is 3.24. The summed E-state index contributed by atoms with van der Waals surface area (Å²) in [4.78, 5) is 0. The van der Waals surface area contributed by atoms with E-state index in [0.29, 0.717) is 0 Å². The Hall–Kier alpha value is -1.77. The zero-order chi connectivity index (χ0) is 13.9. The molecule has 20 heavy (non-hydrogen) atoms. The summed E-state index contributed by atoms with van der Waals surface area (Å²) in [5.74, 6) is 0.0898. The van der Waals surface area contributed by atoms with Crippen LogP contribution in [0.1, 0.15) is 22.7 Å². The van der Waals surface area contributed by atoms with Gasteiger partial charge in [-0.25, -0.2) is 0 Å². The van der Waals surface area contributed by atoms with Crippen LogP contribution < -0.4 is 0 Å². The zero-order valence-electron chi connectivity index (χ0n) is 10.6. The molecule has 3 aromatic rings. The quantitative estimate of drug-likeness (QED) is 0.732. The minimum absolute atomic E-state index is 0.0898. The molecule has 2 aromatic carbocycles. The fraction of sp³-hybridized carbons (Fsp3) is 0.0625. The molecule has 2 nitrogen and oxygen atoms in total. The molecule has 0 saturated carbocycles. The van der Waals surface area contributed by atoms with Crippen molar-refractivity contribution >= 4 is 23.2 Å². The molecule has 1 N–H and O–H groups in total. The molecule has 0 aliphatic heterocycles. The van der Waals surface area contributed by atoms with Crippen LogP contribution in [0.4, 0.5) is 0 Å². The van der Waals surface area contributed by atoms with Gasteiger partial charge in [0.1, 0.15) is 0 Å². The predicted molar refractivity (Wildman–Crippen MR) is 82.4 cm³/mol. The van der Waals surface area contributed by atoms with Crippen molar-refractivity contribution in [3.8, 4) is 0 Å². The molecular weight excluding hydrogens is 291 g/mol. The fourth-order valence-electron chi connectivity index (χ4n) is 2.29. The minimum atomic E-state index is 0.0898. The number of rotatable bonds is 3. The van der Waals surface area contributed by atoms with Crippen molar-refractivity contribution in [2.45, 2.75) is 5.92 Å². The largest absolute Gasteiger partial charge is 0.282 e. The maximum absolute atomic E-state index is 5.97. The Bertz CT molecular complexity index is 628. The first kappa shape index (κ1) is 13.2. The lowest BCUT2D eigenvalue weighted by Crippen LogP contribution is -2.03. The first-order valence-electron chi connectivity index (χ1n) is 6.24. The van der Waals surface area contributed by atoms with Crippen LogP contribution in [0.2, 0.25) is 10.0 Å². The molecule has 3 rings (SSSR count). The number of aromatic nitrogens is 2. The smallest absolute Gasteiger partial charge is 0.0507 e. The van der Waals surface area contributed by atoms with Crippen LogP contribution in [0.25, 0.3) is 0 Å². The molecule has 4 heteroatoms. The van der Waals surface area contributed by atoms with E-state index in [1.54, 1.807) is 6.20 Å². The van der Waals surface area contributed by atoms with Crippen molar-refractivity contribution < 1.29 is 0 Å². The van der Waals surface area contributed by atoms with Gasteiger partial charge in [-0.15, -0.1) is 0 Å². The van der Waals surface area contributed by atoms with Gasteiger partial charge in [0.15, 0.2) is 0 Å². The average Bonchev–Trinajstić information content (AvgIpc) is 2.97. The average molecular weight is 303 g/mol. The van der Waals surface area contributed by atoms with Crippen LogP contribution in [0.5, 0.6) is 0 Å². The third kappa shape index (κ3) is 2.72. The minimum Gasteiger partial charge on any atom is -0.282 e. The molecule has 0 fully saturated rings. The van der Waals surface area contributed by atoms with E-state index in [9.17, 15) is 0 Å². The second kappa shape index (κ2) is 5.70. The second-order valence-corrected chi connectivity index (χ2v) is 5.42. The Morgan fingerprint density at radius 2 is 1.25 bits per heavy atom. The van der Waals surface area contributed by atoms with E-state index in [0.717, 1.165) is 26.9 Å². The van der Waals surface area contributed by atoms with Crippen LogP contribution in [0.3, 0.4) is 0 Å². The normalized spacial score (nSPS) is 10.9. The topological polar surface area (TPSA) is 28.7 Å². The van der Waals surface area contributed by atoms with E-state index in [1.165, 1.54) is 0 Å². The highest BCUT2D eigenvalue weighted by molar-refractivity contribution is 6.30. The van der Waals surface area contributed by atoms with E-state index in [-0.39, 0.29) is 5.92 Å². The zero-order valence-corrected chi connectivity index (χ0v) is 12.1. The Morgan fingerprint density at radius 3 is 1.65 bits per heavy atom. The Morgan fingerprint density at radius 1 is 0.750 bits per heavy atom. The van der Waals surface area contributed by atoms with Gasteiger partial charge in [-0.3, -0.25) is 5.10 Å². The number of hydrogen-bond acceptors (Lipinski definition) is 1. The number of H-pyrrole nitrogens is 1. The summed E-state index contributed by atoms with van der Waals surface area (Å²) < 4.78 is 0. The standard InChI is InChI=1S/C16H12Cl2N2/c17-13-5-1-11(2-6-13)16(15-9-10-19-20-15)12-3-7-14(18)8-4-12/h1-10,16H,(H,19,20). The second-order valence-electron chi connectivity index (χ2n) is 4.55. The number of halogens is 2. The predicted octanol–water partition coefficient (Wildman–Crippen LogP) is 4.90. The molecule has 0 bridgehead atoms. The molecule has 0 amide bonds. The Labute approximate surface area is 127 Å². The summed E-state index contributed by atoms with van der Waals surface area (Å²) in [7, 11) is 0. The van der Waals surface area contributed by atoms with E-state index in [4.69, 9.17) is 23.2 Å². The maximum atomic E-state index is 5.97.